The highest BCUT2D eigenvalue weighted by Crippen LogP contribution is 2.33. The lowest BCUT2D eigenvalue weighted by Crippen LogP contribution is -2.55. The first-order valence-corrected chi connectivity index (χ1v) is 9.63. The van der Waals surface area contributed by atoms with E-state index in [0.717, 1.165) is 22.0 Å². The Hall–Kier alpha value is -0.390. The van der Waals surface area contributed by atoms with Gasteiger partial charge in [-0.05, 0) is 49.2 Å². The van der Waals surface area contributed by atoms with E-state index in [1.54, 1.807) is 0 Å². The van der Waals surface area contributed by atoms with Gasteiger partial charge in [0.25, 0.3) is 0 Å². The number of rotatable bonds is 3. The first kappa shape index (κ1) is 19.9. The molecule has 0 radical (unpaired) electrons. The second-order valence-electron chi connectivity index (χ2n) is 6.36. The molecule has 0 saturated carbocycles. The predicted octanol–water partition coefficient (Wildman–Crippen LogP) is 5.41. The van der Waals surface area contributed by atoms with Crippen molar-refractivity contribution < 1.29 is 0 Å². The molecule has 0 aliphatic carbocycles. The fourth-order valence-corrected chi connectivity index (χ4v) is 3.80. The molecule has 24 heavy (non-hydrogen) atoms. The molecule has 2 aromatic carbocycles. The third kappa shape index (κ3) is 4.61. The summed E-state index contributed by atoms with van der Waals surface area (Å²) in [6, 6.07) is 18.8. The zero-order chi connectivity index (χ0) is 16.4. The summed E-state index contributed by atoms with van der Waals surface area (Å²) in [6.07, 6.45) is 0. The Morgan fingerprint density at radius 2 is 1.38 bits per heavy atom. The molecule has 1 fully saturated rings. The largest absolute Gasteiger partial charge is 0.311 e. The van der Waals surface area contributed by atoms with E-state index < -0.39 is 0 Å². The van der Waals surface area contributed by atoms with E-state index in [9.17, 15) is 0 Å². The van der Waals surface area contributed by atoms with Gasteiger partial charge in [0.2, 0.25) is 0 Å². The van der Waals surface area contributed by atoms with Gasteiger partial charge in [-0.15, -0.1) is 12.4 Å². The van der Waals surface area contributed by atoms with Crippen molar-refractivity contribution in [3.63, 3.8) is 0 Å². The molecule has 2 atom stereocenters. The summed E-state index contributed by atoms with van der Waals surface area (Å²) in [6.45, 7) is 6.66. The van der Waals surface area contributed by atoms with Gasteiger partial charge >= 0.3 is 0 Å². The Kier molecular flexibility index (Phi) is 7.32. The first-order valence-electron chi connectivity index (χ1n) is 8.04. The van der Waals surface area contributed by atoms with Gasteiger partial charge in [0.1, 0.15) is 0 Å². The smallest absolute Gasteiger partial charge is 0.0605 e. The molecular formula is C19H23Br2ClN2. The van der Waals surface area contributed by atoms with Crippen LogP contribution < -0.4 is 5.32 Å². The summed E-state index contributed by atoms with van der Waals surface area (Å²) in [5, 5.41) is 3.58. The molecule has 3 rings (SSSR count). The van der Waals surface area contributed by atoms with Crippen molar-refractivity contribution in [3.05, 3.63) is 68.6 Å². The van der Waals surface area contributed by atoms with Crippen LogP contribution in [0.4, 0.5) is 0 Å². The van der Waals surface area contributed by atoms with Crippen molar-refractivity contribution in [2.45, 2.75) is 32.0 Å². The fourth-order valence-electron chi connectivity index (χ4n) is 3.28. The maximum atomic E-state index is 3.58. The van der Waals surface area contributed by atoms with Gasteiger partial charge in [-0.3, -0.25) is 4.90 Å². The van der Waals surface area contributed by atoms with Crippen LogP contribution in [0.5, 0.6) is 0 Å². The summed E-state index contributed by atoms with van der Waals surface area (Å²) in [7, 11) is 0. The molecule has 130 valence electrons. The van der Waals surface area contributed by atoms with Crippen molar-refractivity contribution in [2.75, 3.05) is 13.1 Å². The number of hydrogen-bond acceptors (Lipinski definition) is 2. The number of halogens is 3. The number of nitrogens with zero attached hydrogens (tertiary/aromatic N) is 1. The maximum Gasteiger partial charge on any atom is 0.0605 e. The van der Waals surface area contributed by atoms with Gasteiger partial charge in [-0.2, -0.15) is 0 Å². The average molecular weight is 475 g/mol. The Labute approximate surface area is 167 Å². The van der Waals surface area contributed by atoms with Gasteiger partial charge in [-0.25, -0.2) is 0 Å². The Morgan fingerprint density at radius 3 is 1.83 bits per heavy atom. The van der Waals surface area contributed by atoms with Crippen LogP contribution >= 0.6 is 44.3 Å². The summed E-state index contributed by atoms with van der Waals surface area (Å²) in [5.74, 6) is 0. The van der Waals surface area contributed by atoms with Crippen LogP contribution in [0.15, 0.2) is 57.5 Å². The average Bonchev–Trinajstić information content (AvgIpc) is 2.54. The Balaban J connectivity index is 0.00000208. The molecule has 0 unspecified atom stereocenters. The molecule has 0 aromatic heterocycles. The molecule has 2 aromatic rings. The summed E-state index contributed by atoms with van der Waals surface area (Å²) < 4.78 is 2.25. The van der Waals surface area contributed by atoms with Gasteiger partial charge in [0.15, 0.2) is 0 Å². The summed E-state index contributed by atoms with van der Waals surface area (Å²) >= 11 is 7.10. The van der Waals surface area contributed by atoms with Crippen molar-refractivity contribution in [3.8, 4) is 0 Å². The van der Waals surface area contributed by atoms with Crippen LogP contribution in [-0.4, -0.2) is 30.1 Å². The van der Waals surface area contributed by atoms with Crippen LogP contribution in [-0.2, 0) is 0 Å². The van der Waals surface area contributed by atoms with E-state index in [1.807, 2.05) is 0 Å². The SMILES string of the molecule is C[C@@H]1CN[C@@H](C)CN1C(c1ccc(Br)cc1)c1ccc(Br)cc1.Cl. The molecule has 1 saturated heterocycles. The fraction of sp³-hybridized carbons (Fsp3) is 0.368. The zero-order valence-corrected chi connectivity index (χ0v) is 17.9. The number of nitrogens with one attached hydrogen (secondary N) is 1. The summed E-state index contributed by atoms with van der Waals surface area (Å²) in [4.78, 5) is 2.62. The van der Waals surface area contributed by atoms with E-state index in [2.05, 4.69) is 104 Å². The van der Waals surface area contributed by atoms with Crippen molar-refractivity contribution in [1.29, 1.82) is 0 Å². The van der Waals surface area contributed by atoms with Crippen molar-refractivity contribution >= 4 is 44.3 Å². The third-order valence-corrected chi connectivity index (χ3v) is 5.57. The predicted molar refractivity (Wildman–Crippen MR) is 111 cm³/mol. The number of benzene rings is 2. The minimum Gasteiger partial charge on any atom is -0.311 e. The lowest BCUT2D eigenvalue weighted by Gasteiger charge is -2.43. The van der Waals surface area contributed by atoms with E-state index in [-0.39, 0.29) is 18.4 Å². The molecule has 0 amide bonds. The van der Waals surface area contributed by atoms with Gasteiger partial charge in [-0.1, -0.05) is 56.1 Å². The lowest BCUT2D eigenvalue weighted by atomic mass is 9.94. The highest BCUT2D eigenvalue weighted by molar-refractivity contribution is 9.10. The molecule has 2 nitrogen and oxygen atoms in total. The topological polar surface area (TPSA) is 15.3 Å². The second kappa shape index (κ2) is 8.81. The van der Waals surface area contributed by atoms with Crippen LogP contribution in [0.25, 0.3) is 0 Å². The standard InChI is InChI=1S/C19H22Br2N2.ClH/c1-13-12-23(14(2)11-22-13)19(15-3-7-17(20)8-4-15)16-5-9-18(21)10-6-16;/h3-10,13-14,19,22H,11-12H2,1-2H3;1H/t13-,14+;/m0./s1. The minimum atomic E-state index is 0. The quantitative estimate of drug-likeness (QED) is 0.640. The molecule has 0 spiro atoms. The lowest BCUT2D eigenvalue weighted by molar-refractivity contribution is 0.113. The number of hydrogen-bond donors (Lipinski definition) is 1. The van der Waals surface area contributed by atoms with Gasteiger partial charge in [0.05, 0.1) is 6.04 Å². The van der Waals surface area contributed by atoms with Crippen molar-refractivity contribution in [1.82, 2.24) is 10.2 Å². The zero-order valence-electron chi connectivity index (χ0n) is 13.9. The number of piperazine rings is 1. The van der Waals surface area contributed by atoms with Crippen LogP contribution in [0.2, 0.25) is 0 Å². The van der Waals surface area contributed by atoms with E-state index in [4.69, 9.17) is 0 Å². The van der Waals surface area contributed by atoms with Crippen LogP contribution in [0.1, 0.15) is 31.0 Å². The first-order chi connectivity index (χ1) is 11.0. The highest BCUT2D eigenvalue weighted by atomic mass is 79.9. The molecular weight excluding hydrogens is 451 g/mol. The Morgan fingerprint density at radius 1 is 0.917 bits per heavy atom. The maximum absolute atomic E-state index is 3.58. The van der Waals surface area contributed by atoms with Crippen LogP contribution in [0, 0.1) is 0 Å². The molecule has 1 aliphatic heterocycles. The summed E-state index contributed by atoms with van der Waals surface area (Å²) in [5.41, 5.74) is 2.69. The van der Waals surface area contributed by atoms with E-state index >= 15 is 0 Å². The van der Waals surface area contributed by atoms with E-state index in [0.29, 0.717) is 12.1 Å². The minimum absolute atomic E-state index is 0. The van der Waals surface area contributed by atoms with Gasteiger partial charge in [0, 0.05) is 34.1 Å². The molecule has 1 heterocycles. The second-order valence-corrected chi connectivity index (χ2v) is 8.19. The molecule has 1 N–H and O–H groups in total. The Bertz CT molecular complexity index is 600. The third-order valence-electron chi connectivity index (χ3n) is 4.52. The molecule has 0 bridgehead atoms. The van der Waals surface area contributed by atoms with E-state index in [1.165, 1.54) is 11.1 Å². The molecule has 1 aliphatic rings. The highest BCUT2D eigenvalue weighted by Gasteiger charge is 2.30. The normalized spacial score (nSPS) is 21.5. The molecule has 5 heteroatoms. The van der Waals surface area contributed by atoms with Crippen molar-refractivity contribution in [2.24, 2.45) is 0 Å². The van der Waals surface area contributed by atoms with Crippen LogP contribution in [0.3, 0.4) is 0 Å². The monoisotopic (exact) mass is 472 g/mol. The van der Waals surface area contributed by atoms with Gasteiger partial charge < -0.3 is 5.32 Å².